The van der Waals surface area contributed by atoms with E-state index < -0.39 is 11.7 Å². The Morgan fingerprint density at radius 3 is 2.11 bits per heavy atom. The standard InChI is InChI=1S/C19H40N6O2.HI/c1-6-24-13-15-25(16-14-24)12-8-7-9-21-17(20-5)22-10-11-23-18(26)27-19(2,3)4;/h6-16H2,1-5H3,(H,23,26)(H2,20,21,22);1H. The Balaban J connectivity index is 0.00000729. The molecule has 1 fully saturated rings. The van der Waals surface area contributed by atoms with Gasteiger partial charge in [-0.3, -0.25) is 4.99 Å². The van der Waals surface area contributed by atoms with Crippen molar-refractivity contribution in [2.45, 2.75) is 46.1 Å². The highest BCUT2D eigenvalue weighted by Crippen LogP contribution is 2.06. The molecule has 1 amide bonds. The molecule has 9 heteroatoms. The van der Waals surface area contributed by atoms with Crippen molar-refractivity contribution in [1.29, 1.82) is 0 Å². The number of amides is 1. The minimum absolute atomic E-state index is 0. The number of hydrogen-bond acceptors (Lipinski definition) is 5. The van der Waals surface area contributed by atoms with Gasteiger partial charge in [0.05, 0.1) is 0 Å². The third kappa shape index (κ3) is 13.4. The van der Waals surface area contributed by atoms with E-state index in [1.165, 1.54) is 39.1 Å². The molecule has 8 nitrogen and oxygen atoms in total. The molecule has 166 valence electrons. The third-order valence-corrected chi connectivity index (χ3v) is 4.41. The highest BCUT2D eigenvalue weighted by atomic mass is 127. The van der Waals surface area contributed by atoms with E-state index in [1.807, 2.05) is 20.8 Å². The lowest BCUT2D eigenvalue weighted by Gasteiger charge is -2.34. The minimum atomic E-state index is -0.474. The molecule has 1 aliphatic heterocycles. The van der Waals surface area contributed by atoms with E-state index in [1.54, 1.807) is 7.05 Å². The molecule has 1 heterocycles. The van der Waals surface area contributed by atoms with Crippen molar-refractivity contribution in [3.05, 3.63) is 0 Å². The molecule has 0 aromatic heterocycles. The van der Waals surface area contributed by atoms with Crippen LogP contribution in [0.1, 0.15) is 40.5 Å². The van der Waals surface area contributed by atoms with Gasteiger partial charge < -0.3 is 30.5 Å². The molecule has 0 aliphatic carbocycles. The molecule has 0 aromatic carbocycles. The first-order valence-electron chi connectivity index (χ1n) is 10.2. The molecule has 28 heavy (non-hydrogen) atoms. The first-order valence-corrected chi connectivity index (χ1v) is 10.2. The van der Waals surface area contributed by atoms with Crippen LogP contribution in [-0.4, -0.2) is 93.4 Å². The summed E-state index contributed by atoms with van der Waals surface area (Å²) in [6.45, 7) is 16.9. The highest BCUT2D eigenvalue weighted by Gasteiger charge is 2.16. The number of carbonyl (C=O) groups excluding carboxylic acids is 1. The van der Waals surface area contributed by atoms with E-state index >= 15 is 0 Å². The number of alkyl carbamates (subject to hydrolysis) is 1. The van der Waals surface area contributed by atoms with Crippen LogP contribution in [-0.2, 0) is 4.74 Å². The molecule has 0 aromatic rings. The minimum Gasteiger partial charge on any atom is -0.444 e. The second-order valence-corrected chi connectivity index (χ2v) is 7.84. The fourth-order valence-corrected chi connectivity index (χ4v) is 2.88. The Bertz CT molecular complexity index is 448. The third-order valence-electron chi connectivity index (χ3n) is 4.41. The van der Waals surface area contributed by atoms with E-state index in [4.69, 9.17) is 4.74 Å². The van der Waals surface area contributed by atoms with Gasteiger partial charge in [0.15, 0.2) is 5.96 Å². The average Bonchev–Trinajstić information content (AvgIpc) is 2.62. The van der Waals surface area contributed by atoms with Gasteiger partial charge >= 0.3 is 6.09 Å². The predicted molar refractivity (Wildman–Crippen MR) is 127 cm³/mol. The van der Waals surface area contributed by atoms with Crippen molar-refractivity contribution in [1.82, 2.24) is 25.8 Å². The van der Waals surface area contributed by atoms with Crippen LogP contribution in [0.5, 0.6) is 0 Å². The predicted octanol–water partition coefficient (Wildman–Crippen LogP) is 1.71. The summed E-state index contributed by atoms with van der Waals surface area (Å²) in [6.07, 6.45) is 1.91. The molecule has 3 N–H and O–H groups in total. The van der Waals surface area contributed by atoms with Crippen LogP contribution in [0.2, 0.25) is 0 Å². The van der Waals surface area contributed by atoms with E-state index in [0.717, 1.165) is 25.5 Å². The fraction of sp³-hybridized carbons (Fsp3) is 0.895. The van der Waals surface area contributed by atoms with Gasteiger partial charge in [-0.25, -0.2) is 4.79 Å². The van der Waals surface area contributed by atoms with Crippen molar-refractivity contribution < 1.29 is 9.53 Å². The number of hydrogen-bond donors (Lipinski definition) is 3. The van der Waals surface area contributed by atoms with Crippen molar-refractivity contribution in [2.24, 2.45) is 4.99 Å². The largest absolute Gasteiger partial charge is 0.444 e. The summed E-state index contributed by atoms with van der Waals surface area (Å²) in [7, 11) is 1.75. The Morgan fingerprint density at radius 1 is 0.964 bits per heavy atom. The molecular weight excluding hydrogens is 471 g/mol. The summed E-state index contributed by atoms with van der Waals surface area (Å²) in [5, 5.41) is 9.23. The van der Waals surface area contributed by atoms with Crippen LogP contribution in [0.25, 0.3) is 0 Å². The zero-order valence-electron chi connectivity index (χ0n) is 18.3. The quantitative estimate of drug-likeness (QED) is 0.189. The van der Waals surface area contributed by atoms with Crippen LogP contribution >= 0.6 is 24.0 Å². The normalized spacial score (nSPS) is 16.2. The van der Waals surface area contributed by atoms with Gasteiger partial charge in [0.2, 0.25) is 0 Å². The van der Waals surface area contributed by atoms with Crippen LogP contribution < -0.4 is 16.0 Å². The number of nitrogens with one attached hydrogen (secondary N) is 3. The van der Waals surface area contributed by atoms with Crippen molar-refractivity contribution in [3.63, 3.8) is 0 Å². The van der Waals surface area contributed by atoms with Gasteiger partial charge in [0.1, 0.15) is 5.60 Å². The number of ether oxygens (including phenoxy) is 1. The molecule has 0 unspecified atom stereocenters. The Labute approximate surface area is 188 Å². The summed E-state index contributed by atoms with van der Waals surface area (Å²) in [6, 6.07) is 0. The molecule has 0 atom stereocenters. The van der Waals surface area contributed by atoms with Crippen LogP contribution in [0.4, 0.5) is 4.79 Å². The average molecular weight is 512 g/mol. The van der Waals surface area contributed by atoms with Gasteiger partial charge in [-0.2, -0.15) is 0 Å². The number of halogens is 1. The maximum atomic E-state index is 11.6. The van der Waals surface area contributed by atoms with Gasteiger partial charge in [-0.15, -0.1) is 24.0 Å². The molecule has 1 aliphatic rings. The molecule has 1 saturated heterocycles. The maximum absolute atomic E-state index is 11.6. The van der Waals surface area contributed by atoms with Crippen LogP contribution in [0.3, 0.4) is 0 Å². The SMILES string of the molecule is CCN1CCN(CCCCNC(=NC)NCCNC(=O)OC(C)(C)C)CC1.I. The van der Waals surface area contributed by atoms with Gasteiger partial charge in [0, 0.05) is 52.9 Å². The summed E-state index contributed by atoms with van der Waals surface area (Å²) in [5.74, 6) is 0.762. The van der Waals surface area contributed by atoms with E-state index in [-0.39, 0.29) is 24.0 Å². The Morgan fingerprint density at radius 2 is 1.54 bits per heavy atom. The molecule has 0 saturated carbocycles. The number of piperazine rings is 1. The van der Waals surface area contributed by atoms with E-state index in [2.05, 4.69) is 37.7 Å². The Kier molecular flexibility index (Phi) is 14.6. The monoisotopic (exact) mass is 512 g/mol. The lowest BCUT2D eigenvalue weighted by atomic mass is 10.2. The van der Waals surface area contributed by atoms with Gasteiger partial charge in [-0.1, -0.05) is 6.92 Å². The second-order valence-electron chi connectivity index (χ2n) is 7.84. The van der Waals surface area contributed by atoms with Crippen molar-refractivity contribution >= 4 is 36.0 Å². The first kappa shape index (κ1) is 27.2. The van der Waals surface area contributed by atoms with E-state index in [9.17, 15) is 4.79 Å². The molecular formula is C19H41IN6O2. The number of unbranched alkanes of at least 4 members (excludes halogenated alkanes) is 1. The fourth-order valence-electron chi connectivity index (χ4n) is 2.88. The van der Waals surface area contributed by atoms with Crippen LogP contribution in [0, 0.1) is 0 Å². The number of likely N-dealkylation sites (N-methyl/N-ethyl adjacent to an activating group) is 1. The topological polar surface area (TPSA) is 81.2 Å². The molecule has 0 bridgehead atoms. The Hall–Kier alpha value is -0.810. The molecule has 1 rings (SSSR count). The molecule has 0 radical (unpaired) electrons. The van der Waals surface area contributed by atoms with Crippen molar-refractivity contribution in [3.8, 4) is 0 Å². The second kappa shape index (κ2) is 15.1. The summed E-state index contributed by atoms with van der Waals surface area (Å²) in [5.41, 5.74) is -0.474. The summed E-state index contributed by atoms with van der Waals surface area (Å²) in [4.78, 5) is 20.8. The smallest absolute Gasteiger partial charge is 0.407 e. The number of rotatable bonds is 9. The highest BCUT2D eigenvalue weighted by molar-refractivity contribution is 14.0. The molecule has 0 spiro atoms. The number of carbonyl (C=O) groups is 1. The summed E-state index contributed by atoms with van der Waals surface area (Å²) >= 11 is 0. The maximum Gasteiger partial charge on any atom is 0.407 e. The number of nitrogens with zero attached hydrogens (tertiary/aromatic N) is 3. The van der Waals surface area contributed by atoms with Gasteiger partial charge in [0.25, 0.3) is 0 Å². The lowest BCUT2D eigenvalue weighted by molar-refractivity contribution is 0.0529. The van der Waals surface area contributed by atoms with Crippen molar-refractivity contribution in [2.75, 3.05) is 66.0 Å². The van der Waals surface area contributed by atoms with E-state index in [0.29, 0.717) is 13.1 Å². The number of guanidine groups is 1. The van der Waals surface area contributed by atoms with Crippen LogP contribution in [0.15, 0.2) is 4.99 Å². The first-order chi connectivity index (χ1) is 12.8. The zero-order valence-corrected chi connectivity index (χ0v) is 20.7. The van der Waals surface area contributed by atoms with Gasteiger partial charge in [-0.05, 0) is 46.7 Å². The lowest BCUT2D eigenvalue weighted by Crippen LogP contribution is -2.46. The summed E-state index contributed by atoms with van der Waals surface area (Å²) < 4.78 is 5.19. The zero-order chi connectivity index (χ0) is 20.1. The number of aliphatic imine (C=N–C) groups is 1.